The van der Waals surface area contributed by atoms with Crippen molar-refractivity contribution in [2.75, 3.05) is 11.9 Å². The van der Waals surface area contributed by atoms with E-state index in [-0.39, 0.29) is 5.91 Å². The lowest BCUT2D eigenvalue weighted by molar-refractivity contribution is -0.136. The van der Waals surface area contributed by atoms with Crippen molar-refractivity contribution in [3.05, 3.63) is 23.7 Å². The lowest BCUT2D eigenvalue weighted by Gasteiger charge is -2.25. The summed E-state index contributed by atoms with van der Waals surface area (Å²) in [6, 6.07) is 0. The van der Waals surface area contributed by atoms with Crippen LogP contribution in [-0.2, 0) is 22.2 Å². The Bertz CT molecular complexity index is 625. The normalized spacial score (nSPS) is 22.1. The monoisotopic (exact) mass is 276 g/mol. The number of amides is 1. The number of aryl methyl sites for hydroxylation is 2. The van der Waals surface area contributed by atoms with E-state index in [1.807, 2.05) is 7.05 Å². The van der Waals surface area contributed by atoms with Crippen molar-refractivity contribution in [3.63, 3.8) is 0 Å². The zero-order valence-electron chi connectivity index (χ0n) is 11.4. The molecule has 2 aromatic heterocycles. The molecule has 2 N–H and O–H groups in total. The van der Waals surface area contributed by atoms with E-state index in [1.54, 1.807) is 24.0 Å². The van der Waals surface area contributed by atoms with Crippen LogP contribution in [0.1, 0.15) is 24.1 Å². The molecule has 1 fully saturated rings. The number of hydrogen-bond acceptors (Lipinski definition) is 5. The van der Waals surface area contributed by atoms with Crippen LogP contribution in [0.5, 0.6) is 0 Å². The summed E-state index contributed by atoms with van der Waals surface area (Å²) in [4.78, 5) is 12.6. The average Bonchev–Trinajstić information content (AvgIpc) is 3.12. The number of hydrogen-bond donors (Lipinski definition) is 2. The van der Waals surface area contributed by atoms with Gasteiger partial charge in [-0.1, -0.05) is 0 Å². The molecule has 0 spiro atoms. The van der Waals surface area contributed by atoms with Gasteiger partial charge in [-0.3, -0.25) is 9.48 Å². The molecule has 0 radical (unpaired) electrons. The molecule has 8 heteroatoms. The standard InChI is InChI=1S/C12H16N6O2/c1-8-10(16-17-15-8)14-11(19)12(4-3-5-20-12)9-6-13-18(2)7-9/h6-7H,3-5H2,1-2H3,(H2,14,15,16,17,19). The fourth-order valence-electron chi connectivity index (χ4n) is 2.42. The largest absolute Gasteiger partial charge is 0.360 e. The number of H-pyrrole nitrogens is 1. The van der Waals surface area contributed by atoms with Crippen LogP contribution >= 0.6 is 0 Å². The SMILES string of the molecule is Cc1n[nH]nc1NC(=O)C1(c2cnn(C)c2)CCCO1. The molecule has 106 valence electrons. The van der Waals surface area contributed by atoms with E-state index in [2.05, 4.69) is 25.8 Å². The van der Waals surface area contributed by atoms with Gasteiger partial charge in [-0.05, 0) is 19.8 Å². The molecule has 1 unspecified atom stereocenters. The fraction of sp³-hybridized carbons (Fsp3) is 0.500. The highest BCUT2D eigenvalue weighted by Gasteiger charge is 2.45. The van der Waals surface area contributed by atoms with Gasteiger partial charge in [0, 0.05) is 25.4 Å². The molecule has 1 aliphatic heterocycles. The molecule has 0 saturated carbocycles. The van der Waals surface area contributed by atoms with Crippen LogP contribution in [-0.4, -0.2) is 37.7 Å². The zero-order valence-corrected chi connectivity index (χ0v) is 11.4. The predicted molar refractivity (Wildman–Crippen MR) is 69.8 cm³/mol. The summed E-state index contributed by atoms with van der Waals surface area (Å²) in [5.74, 6) is 0.189. The third-order valence-electron chi connectivity index (χ3n) is 3.51. The molecule has 1 aliphatic rings. The van der Waals surface area contributed by atoms with Crippen molar-refractivity contribution < 1.29 is 9.53 Å². The summed E-state index contributed by atoms with van der Waals surface area (Å²) >= 11 is 0. The maximum absolute atomic E-state index is 12.6. The number of anilines is 1. The minimum Gasteiger partial charge on any atom is -0.360 e. The van der Waals surface area contributed by atoms with E-state index >= 15 is 0 Å². The Morgan fingerprint density at radius 1 is 1.55 bits per heavy atom. The number of nitrogens with zero attached hydrogens (tertiary/aromatic N) is 4. The van der Waals surface area contributed by atoms with Crippen molar-refractivity contribution in [1.82, 2.24) is 25.2 Å². The van der Waals surface area contributed by atoms with Gasteiger partial charge >= 0.3 is 0 Å². The van der Waals surface area contributed by atoms with Gasteiger partial charge in [-0.25, -0.2) is 0 Å². The highest BCUT2D eigenvalue weighted by Crippen LogP contribution is 2.37. The van der Waals surface area contributed by atoms with Gasteiger partial charge in [0.2, 0.25) is 0 Å². The lowest BCUT2D eigenvalue weighted by Crippen LogP contribution is -2.39. The van der Waals surface area contributed by atoms with Crippen LogP contribution in [0.4, 0.5) is 5.82 Å². The van der Waals surface area contributed by atoms with Crippen LogP contribution in [0, 0.1) is 6.92 Å². The third kappa shape index (κ3) is 1.97. The van der Waals surface area contributed by atoms with Crippen molar-refractivity contribution in [3.8, 4) is 0 Å². The van der Waals surface area contributed by atoms with Gasteiger partial charge in [-0.2, -0.15) is 15.4 Å². The molecule has 3 heterocycles. The number of aromatic amines is 1. The van der Waals surface area contributed by atoms with E-state index in [0.717, 1.165) is 12.0 Å². The first kappa shape index (κ1) is 12.8. The highest BCUT2D eigenvalue weighted by atomic mass is 16.5. The zero-order chi connectivity index (χ0) is 14.2. The lowest BCUT2D eigenvalue weighted by atomic mass is 9.92. The molecular weight excluding hydrogens is 260 g/mol. The van der Waals surface area contributed by atoms with Gasteiger partial charge in [0.05, 0.1) is 6.20 Å². The van der Waals surface area contributed by atoms with Crippen LogP contribution in [0.2, 0.25) is 0 Å². The second-order valence-corrected chi connectivity index (χ2v) is 4.89. The maximum Gasteiger partial charge on any atom is 0.262 e. The third-order valence-corrected chi connectivity index (χ3v) is 3.51. The van der Waals surface area contributed by atoms with Crippen LogP contribution in [0.15, 0.2) is 12.4 Å². The first-order valence-corrected chi connectivity index (χ1v) is 6.44. The highest BCUT2D eigenvalue weighted by molar-refractivity contribution is 5.97. The summed E-state index contributed by atoms with van der Waals surface area (Å²) in [5.41, 5.74) is 0.411. The second-order valence-electron chi connectivity index (χ2n) is 4.89. The van der Waals surface area contributed by atoms with E-state index in [4.69, 9.17) is 4.74 Å². The molecular formula is C12H16N6O2. The number of carbonyl (C=O) groups excluding carboxylic acids is 1. The first-order chi connectivity index (χ1) is 9.62. The number of ether oxygens (including phenoxy) is 1. The van der Waals surface area contributed by atoms with Gasteiger partial charge in [0.1, 0.15) is 5.69 Å². The van der Waals surface area contributed by atoms with Crippen LogP contribution in [0.3, 0.4) is 0 Å². The first-order valence-electron chi connectivity index (χ1n) is 6.44. The second kappa shape index (κ2) is 4.71. The predicted octanol–water partition coefficient (Wildman–Crippen LogP) is 0.491. The molecule has 0 bridgehead atoms. The summed E-state index contributed by atoms with van der Waals surface area (Å²) < 4.78 is 7.43. The Morgan fingerprint density at radius 2 is 2.40 bits per heavy atom. The summed E-state index contributed by atoms with van der Waals surface area (Å²) in [6.45, 7) is 2.32. The van der Waals surface area contributed by atoms with Crippen molar-refractivity contribution >= 4 is 11.7 Å². The quantitative estimate of drug-likeness (QED) is 0.850. The van der Waals surface area contributed by atoms with E-state index in [1.165, 1.54) is 0 Å². The minimum absolute atomic E-state index is 0.236. The Labute approximate surface area is 115 Å². The summed E-state index contributed by atoms with van der Waals surface area (Å²) in [7, 11) is 1.81. The summed E-state index contributed by atoms with van der Waals surface area (Å²) in [5, 5.41) is 17.2. The number of aromatic nitrogens is 5. The number of rotatable bonds is 3. The van der Waals surface area contributed by atoms with Crippen molar-refractivity contribution in [2.24, 2.45) is 7.05 Å². The molecule has 0 aromatic carbocycles. The van der Waals surface area contributed by atoms with Gasteiger partial charge < -0.3 is 10.1 Å². The van der Waals surface area contributed by atoms with E-state index in [9.17, 15) is 4.79 Å². The van der Waals surface area contributed by atoms with Crippen LogP contribution < -0.4 is 5.32 Å². The summed E-state index contributed by atoms with van der Waals surface area (Å²) in [6.07, 6.45) is 4.93. The smallest absolute Gasteiger partial charge is 0.262 e. The number of nitrogens with one attached hydrogen (secondary N) is 2. The Kier molecular flexibility index (Phi) is 3.01. The Morgan fingerprint density at radius 3 is 2.95 bits per heavy atom. The molecule has 3 rings (SSSR count). The minimum atomic E-state index is -0.986. The topological polar surface area (TPSA) is 97.7 Å². The maximum atomic E-state index is 12.6. The Balaban J connectivity index is 1.91. The Hall–Kier alpha value is -2.22. The van der Waals surface area contributed by atoms with E-state index < -0.39 is 5.60 Å². The van der Waals surface area contributed by atoms with Gasteiger partial charge in [-0.15, -0.1) is 5.10 Å². The molecule has 8 nitrogen and oxygen atoms in total. The molecule has 2 aromatic rings. The van der Waals surface area contributed by atoms with Gasteiger partial charge in [0.15, 0.2) is 11.4 Å². The van der Waals surface area contributed by atoms with Crippen molar-refractivity contribution in [2.45, 2.75) is 25.4 Å². The number of carbonyl (C=O) groups is 1. The van der Waals surface area contributed by atoms with Crippen molar-refractivity contribution in [1.29, 1.82) is 0 Å². The molecule has 1 amide bonds. The molecule has 0 aliphatic carbocycles. The fourth-order valence-corrected chi connectivity index (χ4v) is 2.42. The van der Waals surface area contributed by atoms with Gasteiger partial charge in [0.25, 0.3) is 5.91 Å². The average molecular weight is 276 g/mol. The molecule has 1 saturated heterocycles. The molecule has 1 atom stereocenters. The van der Waals surface area contributed by atoms with Crippen LogP contribution in [0.25, 0.3) is 0 Å². The van der Waals surface area contributed by atoms with E-state index in [0.29, 0.717) is 24.5 Å². The molecule has 20 heavy (non-hydrogen) atoms.